The highest BCUT2D eigenvalue weighted by Crippen LogP contribution is 2.21. The van der Waals surface area contributed by atoms with Gasteiger partial charge >= 0.3 is 5.97 Å². The number of hydrogen-bond donors (Lipinski definition) is 1. The molecule has 0 radical (unpaired) electrons. The lowest BCUT2D eigenvalue weighted by Crippen LogP contribution is -2.16. The van der Waals surface area contributed by atoms with Crippen molar-refractivity contribution in [3.63, 3.8) is 0 Å². The van der Waals surface area contributed by atoms with E-state index in [-0.39, 0.29) is 17.8 Å². The second-order valence-corrected chi connectivity index (χ2v) is 9.43. The van der Waals surface area contributed by atoms with E-state index in [1.54, 1.807) is 45.2 Å². The van der Waals surface area contributed by atoms with Crippen LogP contribution in [-0.4, -0.2) is 45.6 Å². The molecule has 0 saturated heterocycles. The van der Waals surface area contributed by atoms with Gasteiger partial charge < -0.3 is 19.4 Å². The molecule has 3 aromatic rings. The van der Waals surface area contributed by atoms with Crippen molar-refractivity contribution in [2.45, 2.75) is 51.3 Å². The van der Waals surface area contributed by atoms with Gasteiger partial charge in [0.15, 0.2) is 5.16 Å². The molecule has 0 atom stereocenters. The molecule has 3 rings (SSSR count). The van der Waals surface area contributed by atoms with Crippen molar-refractivity contribution in [1.82, 2.24) is 14.8 Å². The molecular formula is C26H32N4O4S. The predicted octanol–water partition coefficient (Wildman–Crippen LogP) is 4.60. The summed E-state index contributed by atoms with van der Waals surface area (Å²) in [4.78, 5) is 24.5. The molecule has 0 aliphatic carbocycles. The number of hydrogen-bond acceptors (Lipinski definition) is 7. The number of ether oxygens (including phenoxy) is 2. The molecule has 8 nitrogen and oxygen atoms in total. The first-order valence-electron chi connectivity index (χ1n) is 11.5. The second-order valence-electron chi connectivity index (χ2n) is 8.49. The van der Waals surface area contributed by atoms with Gasteiger partial charge in [-0.15, -0.1) is 10.2 Å². The Morgan fingerprint density at radius 2 is 1.91 bits per heavy atom. The summed E-state index contributed by atoms with van der Waals surface area (Å²) in [6.45, 7) is 5.63. The van der Waals surface area contributed by atoms with E-state index in [1.165, 1.54) is 17.3 Å². The van der Waals surface area contributed by atoms with Gasteiger partial charge in [0, 0.05) is 19.2 Å². The van der Waals surface area contributed by atoms with Crippen LogP contribution in [0.15, 0.2) is 47.6 Å². The molecule has 0 aliphatic rings. The molecule has 186 valence electrons. The normalized spacial score (nSPS) is 10.9. The highest BCUT2D eigenvalue weighted by Gasteiger charge is 2.14. The van der Waals surface area contributed by atoms with Crippen molar-refractivity contribution < 1.29 is 19.1 Å². The van der Waals surface area contributed by atoms with Crippen LogP contribution in [-0.2, 0) is 29.4 Å². The lowest BCUT2D eigenvalue weighted by atomic mass is 10.0. The summed E-state index contributed by atoms with van der Waals surface area (Å²) < 4.78 is 12.5. The number of carbonyl (C=O) groups is 2. The maximum atomic E-state index is 12.5. The van der Waals surface area contributed by atoms with Gasteiger partial charge in [0.2, 0.25) is 5.91 Å². The van der Waals surface area contributed by atoms with E-state index in [2.05, 4.69) is 27.6 Å². The zero-order valence-corrected chi connectivity index (χ0v) is 21.6. The Hall–Kier alpha value is -3.33. The minimum Gasteiger partial charge on any atom is -0.496 e. The number of carbonyl (C=O) groups excluding carboxylic acids is 2. The number of benzene rings is 2. The van der Waals surface area contributed by atoms with Crippen molar-refractivity contribution in [3.05, 3.63) is 65.0 Å². The number of aryl methyl sites for hydroxylation is 3. The van der Waals surface area contributed by atoms with Crippen molar-refractivity contribution in [2.75, 3.05) is 18.2 Å². The van der Waals surface area contributed by atoms with Gasteiger partial charge in [-0.2, -0.15) is 0 Å². The summed E-state index contributed by atoms with van der Waals surface area (Å²) in [5.74, 6) is 1.35. The molecule has 0 saturated carbocycles. The summed E-state index contributed by atoms with van der Waals surface area (Å²) in [5, 5.41) is 12.0. The van der Waals surface area contributed by atoms with Crippen LogP contribution in [0.1, 0.15) is 47.6 Å². The molecule has 2 aromatic carbocycles. The Morgan fingerprint density at radius 1 is 1.11 bits per heavy atom. The summed E-state index contributed by atoms with van der Waals surface area (Å²) >= 11 is 1.32. The van der Waals surface area contributed by atoms with E-state index in [4.69, 9.17) is 9.47 Å². The first-order chi connectivity index (χ1) is 16.8. The van der Waals surface area contributed by atoms with Crippen molar-refractivity contribution in [3.8, 4) is 5.75 Å². The third kappa shape index (κ3) is 7.58. The SMILES string of the molecule is COc1ccc(CCCc2nnc(SCC(=O)Nc3cccc(C(=O)OC(C)C)c3)n2C)cc1C. The molecule has 1 aromatic heterocycles. The summed E-state index contributed by atoms with van der Waals surface area (Å²) in [7, 11) is 3.59. The van der Waals surface area contributed by atoms with Gasteiger partial charge in [0.25, 0.3) is 0 Å². The number of anilines is 1. The molecule has 9 heteroatoms. The van der Waals surface area contributed by atoms with E-state index < -0.39 is 5.97 Å². The van der Waals surface area contributed by atoms with Crippen LogP contribution in [0.2, 0.25) is 0 Å². The van der Waals surface area contributed by atoms with Crippen LogP contribution in [0.5, 0.6) is 5.75 Å². The lowest BCUT2D eigenvalue weighted by molar-refractivity contribution is -0.113. The molecule has 1 N–H and O–H groups in total. The predicted molar refractivity (Wildman–Crippen MR) is 137 cm³/mol. The number of amides is 1. The number of thioether (sulfide) groups is 1. The molecule has 1 amide bonds. The molecule has 0 bridgehead atoms. The third-order valence-corrected chi connectivity index (χ3v) is 6.33. The van der Waals surface area contributed by atoms with E-state index in [0.717, 1.165) is 36.4 Å². The van der Waals surface area contributed by atoms with Crippen LogP contribution in [0, 0.1) is 6.92 Å². The number of rotatable bonds is 11. The molecule has 0 aliphatic heterocycles. The highest BCUT2D eigenvalue weighted by molar-refractivity contribution is 7.99. The number of esters is 1. The first kappa shape index (κ1) is 26.3. The first-order valence-corrected chi connectivity index (χ1v) is 12.5. The summed E-state index contributed by atoms with van der Waals surface area (Å²) in [6.07, 6.45) is 2.46. The van der Waals surface area contributed by atoms with E-state index in [9.17, 15) is 9.59 Å². The smallest absolute Gasteiger partial charge is 0.338 e. The van der Waals surface area contributed by atoms with Gasteiger partial charge in [-0.1, -0.05) is 30.0 Å². The van der Waals surface area contributed by atoms with Crippen LogP contribution in [0.3, 0.4) is 0 Å². The fourth-order valence-corrected chi connectivity index (χ4v) is 4.30. The molecule has 0 fully saturated rings. The maximum Gasteiger partial charge on any atom is 0.338 e. The molecule has 0 spiro atoms. The number of nitrogens with one attached hydrogen (secondary N) is 1. The van der Waals surface area contributed by atoms with Crippen LogP contribution >= 0.6 is 11.8 Å². The van der Waals surface area contributed by atoms with Crippen LogP contribution in [0.4, 0.5) is 5.69 Å². The van der Waals surface area contributed by atoms with Gasteiger partial charge in [-0.25, -0.2) is 4.79 Å². The lowest BCUT2D eigenvalue weighted by Gasteiger charge is -2.10. The fourth-order valence-electron chi connectivity index (χ4n) is 3.57. The average Bonchev–Trinajstić information content (AvgIpc) is 3.17. The third-order valence-electron chi connectivity index (χ3n) is 5.31. The van der Waals surface area contributed by atoms with Gasteiger partial charge in [0.05, 0.1) is 24.5 Å². The standard InChI is InChI=1S/C26H32N4O4S/c1-17(2)34-25(32)20-9-7-10-21(15-20)27-24(31)16-35-26-29-28-23(30(26)4)11-6-8-19-12-13-22(33-5)18(3)14-19/h7,9-10,12-15,17H,6,8,11,16H2,1-5H3,(H,27,31). The number of aromatic nitrogens is 3. The Kier molecular flexibility index (Phi) is 9.31. The molecule has 1 heterocycles. The van der Waals surface area contributed by atoms with Crippen molar-refractivity contribution in [1.29, 1.82) is 0 Å². The molecule has 0 unspecified atom stereocenters. The summed E-state index contributed by atoms with van der Waals surface area (Å²) in [5.41, 5.74) is 3.33. The van der Waals surface area contributed by atoms with Crippen LogP contribution in [0.25, 0.3) is 0 Å². The minimum absolute atomic E-state index is 0.178. The van der Waals surface area contributed by atoms with E-state index in [0.29, 0.717) is 16.4 Å². The van der Waals surface area contributed by atoms with E-state index >= 15 is 0 Å². The topological polar surface area (TPSA) is 95.3 Å². The summed E-state index contributed by atoms with van der Waals surface area (Å²) in [6, 6.07) is 13.0. The fraction of sp³-hybridized carbons (Fsp3) is 0.385. The Balaban J connectivity index is 1.48. The largest absolute Gasteiger partial charge is 0.496 e. The molecular weight excluding hydrogens is 464 g/mol. The maximum absolute atomic E-state index is 12.5. The quantitative estimate of drug-likeness (QED) is 0.306. The van der Waals surface area contributed by atoms with Crippen molar-refractivity contribution in [2.24, 2.45) is 7.05 Å². The Labute approximate surface area is 210 Å². The van der Waals surface area contributed by atoms with Gasteiger partial charge in [-0.3, -0.25) is 4.79 Å². The Morgan fingerprint density at radius 3 is 2.63 bits per heavy atom. The highest BCUT2D eigenvalue weighted by atomic mass is 32.2. The molecule has 35 heavy (non-hydrogen) atoms. The minimum atomic E-state index is -0.417. The number of methoxy groups -OCH3 is 1. The average molecular weight is 497 g/mol. The van der Waals surface area contributed by atoms with Gasteiger partial charge in [-0.05, 0) is 69.0 Å². The van der Waals surface area contributed by atoms with Crippen molar-refractivity contribution >= 4 is 29.3 Å². The zero-order valence-electron chi connectivity index (χ0n) is 20.8. The Bertz CT molecular complexity index is 1180. The van der Waals surface area contributed by atoms with E-state index in [1.807, 2.05) is 24.6 Å². The number of nitrogens with zero attached hydrogens (tertiary/aromatic N) is 3. The second kappa shape index (κ2) is 12.4. The van der Waals surface area contributed by atoms with Gasteiger partial charge in [0.1, 0.15) is 11.6 Å². The zero-order chi connectivity index (χ0) is 25.4. The monoisotopic (exact) mass is 496 g/mol. The van der Waals surface area contributed by atoms with Crippen LogP contribution < -0.4 is 10.1 Å².